The molecule has 29 heavy (non-hydrogen) atoms. The summed E-state index contributed by atoms with van der Waals surface area (Å²) in [5.74, 6) is 0.444. The number of carbonyl (C=O) groups excluding carboxylic acids is 1. The molecule has 1 aromatic heterocycles. The highest BCUT2D eigenvalue weighted by Crippen LogP contribution is 2.22. The van der Waals surface area contributed by atoms with Crippen LogP contribution in [0.5, 0.6) is 0 Å². The zero-order valence-electron chi connectivity index (χ0n) is 16.9. The highest BCUT2D eigenvalue weighted by atomic mass is 32.2. The van der Waals surface area contributed by atoms with Crippen LogP contribution in [-0.2, 0) is 23.5 Å². The number of nitrogens with one attached hydrogen (secondary N) is 1. The van der Waals surface area contributed by atoms with E-state index >= 15 is 0 Å². The first kappa shape index (κ1) is 20.9. The summed E-state index contributed by atoms with van der Waals surface area (Å²) in [5, 5.41) is 3.54. The smallest absolute Gasteiger partial charge is 0.254 e. The van der Waals surface area contributed by atoms with Gasteiger partial charge in [-0.2, -0.15) is 0 Å². The molecule has 0 atom stereocenters. The molecule has 1 heterocycles. The van der Waals surface area contributed by atoms with Crippen molar-refractivity contribution in [1.82, 2.24) is 9.55 Å². The van der Waals surface area contributed by atoms with E-state index in [9.17, 15) is 9.59 Å². The van der Waals surface area contributed by atoms with Gasteiger partial charge in [-0.3, -0.25) is 14.2 Å². The lowest BCUT2D eigenvalue weighted by atomic mass is 10.1. The molecule has 0 aliphatic heterocycles. The molecule has 3 aromatic rings. The number of rotatable bonds is 7. The van der Waals surface area contributed by atoms with E-state index in [4.69, 9.17) is 0 Å². The molecule has 5 nitrogen and oxygen atoms in total. The molecule has 0 unspecified atom stereocenters. The summed E-state index contributed by atoms with van der Waals surface area (Å²) < 4.78 is 1.44. The molecule has 0 saturated heterocycles. The van der Waals surface area contributed by atoms with Gasteiger partial charge in [-0.1, -0.05) is 67.2 Å². The Morgan fingerprint density at radius 1 is 1.10 bits per heavy atom. The van der Waals surface area contributed by atoms with E-state index in [-0.39, 0.29) is 18.0 Å². The topological polar surface area (TPSA) is 64.0 Å². The molecular formula is C23H25N3O2S. The highest BCUT2D eigenvalue weighted by molar-refractivity contribution is 7.98. The fraction of sp³-hybridized carbons (Fsp3) is 0.261. The van der Waals surface area contributed by atoms with Gasteiger partial charge in [0.15, 0.2) is 5.16 Å². The van der Waals surface area contributed by atoms with E-state index in [0.717, 1.165) is 28.8 Å². The molecule has 150 valence electrons. The van der Waals surface area contributed by atoms with Crippen LogP contribution in [0.25, 0.3) is 0 Å². The lowest BCUT2D eigenvalue weighted by Gasteiger charge is -2.15. The van der Waals surface area contributed by atoms with Gasteiger partial charge in [0.25, 0.3) is 5.56 Å². The number of para-hydroxylation sites is 1. The minimum atomic E-state index is -0.233. The second-order valence-electron chi connectivity index (χ2n) is 6.89. The fourth-order valence-corrected chi connectivity index (χ4v) is 4.10. The van der Waals surface area contributed by atoms with Gasteiger partial charge in [0.2, 0.25) is 5.91 Å². The van der Waals surface area contributed by atoms with Gasteiger partial charge >= 0.3 is 0 Å². The molecule has 0 saturated carbocycles. The summed E-state index contributed by atoms with van der Waals surface area (Å²) in [6, 6.07) is 17.4. The maximum Gasteiger partial charge on any atom is 0.254 e. The van der Waals surface area contributed by atoms with Gasteiger partial charge in [-0.05, 0) is 37.0 Å². The number of aromatic nitrogens is 2. The average Bonchev–Trinajstić information content (AvgIpc) is 2.71. The lowest BCUT2D eigenvalue weighted by Crippen LogP contribution is -2.30. The molecule has 1 N–H and O–H groups in total. The quantitative estimate of drug-likeness (QED) is 0.467. The zero-order valence-corrected chi connectivity index (χ0v) is 17.8. The standard InChI is InChI=1S/C23H25N3O2S/c1-4-19-12-8-9-16(2)22(19)25-20(27)14-26-21(28)13-17(3)24-23(26)29-15-18-10-6-5-7-11-18/h5-13H,4,14-15H2,1-3H3,(H,25,27). The molecule has 0 fully saturated rings. The molecule has 0 spiro atoms. The first-order chi connectivity index (χ1) is 14.0. The molecule has 0 bridgehead atoms. The van der Waals surface area contributed by atoms with Crippen LogP contribution in [0.2, 0.25) is 0 Å². The van der Waals surface area contributed by atoms with Crippen molar-refractivity contribution in [2.45, 2.75) is 44.6 Å². The fourth-order valence-electron chi connectivity index (χ4n) is 3.10. The first-order valence-corrected chi connectivity index (χ1v) is 10.6. The van der Waals surface area contributed by atoms with Gasteiger partial charge in [0.05, 0.1) is 0 Å². The van der Waals surface area contributed by atoms with Crippen molar-refractivity contribution in [3.8, 4) is 0 Å². The third-order valence-electron chi connectivity index (χ3n) is 4.62. The Bertz CT molecular complexity index is 1060. The van der Waals surface area contributed by atoms with Crippen molar-refractivity contribution < 1.29 is 4.79 Å². The number of anilines is 1. The summed E-state index contributed by atoms with van der Waals surface area (Å²) in [6.07, 6.45) is 0.821. The molecule has 0 aliphatic carbocycles. The maximum atomic E-state index is 12.8. The second kappa shape index (κ2) is 9.56. The number of benzene rings is 2. The molecule has 0 radical (unpaired) electrons. The Labute approximate surface area is 175 Å². The molecule has 3 rings (SSSR count). The Kier molecular flexibility index (Phi) is 6.88. The first-order valence-electron chi connectivity index (χ1n) is 9.61. The largest absolute Gasteiger partial charge is 0.324 e. The number of amides is 1. The summed E-state index contributed by atoms with van der Waals surface area (Å²) in [5.41, 5.74) is 4.47. The van der Waals surface area contributed by atoms with E-state index in [1.165, 1.54) is 22.4 Å². The Hall–Kier alpha value is -2.86. The van der Waals surface area contributed by atoms with Crippen molar-refractivity contribution in [3.05, 3.63) is 87.3 Å². The maximum absolute atomic E-state index is 12.8. The van der Waals surface area contributed by atoms with Crippen molar-refractivity contribution >= 4 is 23.4 Å². The molecule has 6 heteroatoms. The minimum absolute atomic E-state index is 0.0687. The van der Waals surface area contributed by atoms with Crippen LogP contribution in [0.4, 0.5) is 5.69 Å². The Balaban J connectivity index is 1.81. The van der Waals surface area contributed by atoms with Gasteiger partial charge < -0.3 is 5.32 Å². The van der Waals surface area contributed by atoms with Gasteiger partial charge in [-0.25, -0.2) is 4.98 Å². The van der Waals surface area contributed by atoms with Crippen molar-refractivity contribution in [2.24, 2.45) is 0 Å². The van der Waals surface area contributed by atoms with Crippen LogP contribution in [-0.4, -0.2) is 15.5 Å². The SMILES string of the molecule is CCc1cccc(C)c1NC(=O)Cn1c(SCc2ccccc2)nc(C)cc1=O. The predicted octanol–water partition coefficient (Wildman–Crippen LogP) is 4.35. The normalized spacial score (nSPS) is 10.7. The highest BCUT2D eigenvalue weighted by Gasteiger charge is 2.14. The number of carbonyl (C=O) groups is 1. The number of nitrogens with zero attached hydrogens (tertiary/aromatic N) is 2. The Morgan fingerprint density at radius 3 is 2.59 bits per heavy atom. The third kappa shape index (κ3) is 5.35. The van der Waals surface area contributed by atoms with Crippen molar-refractivity contribution in [3.63, 3.8) is 0 Å². The minimum Gasteiger partial charge on any atom is -0.324 e. The van der Waals surface area contributed by atoms with Crippen LogP contribution in [0.3, 0.4) is 0 Å². The van der Waals surface area contributed by atoms with Crippen LogP contribution in [0.15, 0.2) is 64.5 Å². The van der Waals surface area contributed by atoms with Gasteiger partial charge in [0, 0.05) is 23.2 Å². The van der Waals surface area contributed by atoms with E-state index in [2.05, 4.69) is 17.2 Å². The van der Waals surface area contributed by atoms with Crippen LogP contribution in [0.1, 0.15) is 29.3 Å². The molecule has 1 amide bonds. The summed E-state index contributed by atoms with van der Waals surface area (Å²) >= 11 is 1.46. The predicted molar refractivity (Wildman–Crippen MR) is 118 cm³/mol. The van der Waals surface area contributed by atoms with Crippen molar-refractivity contribution in [2.75, 3.05) is 5.32 Å². The van der Waals surface area contributed by atoms with E-state index in [1.54, 1.807) is 6.92 Å². The van der Waals surface area contributed by atoms with Crippen LogP contribution < -0.4 is 10.9 Å². The molecule has 0 aliphatic rings. The van der Waals surface area contributed by atoms with Gasteiger partial charge in [0.1, 0.15) is 6.54 Å². The monoisotopic (exact) mass is 407 g/mol. The van der Waals surface area contributed by atoms with E-state index in [1.807, 2.05) is 55.5 Å². The second-order valence-corrected chi connectivity index (χ2v) is 7.83. The number of hydrogen-bond acceptors (Lipinski definition) is 4. The Morgan fingerprint density at radius 2 is 1.86 bits per heavy atom. The average molecular weight is 408 g/mol. The van der Waals surface area contributed by atoms with Crippen molar-refractivity contribution in [1.29, 1.82) is 0 Å². The van der Waals surface area contributed by atoms with E-state index < -0.39 is 0 Å². The summed E-state index contributed by atoms with van der Waals surface area (Å²) in [4.78, 5) is 29.8. The summed E-state index contributed by atoms with van der Waals surface area (Å²) in [6.45, 7) is 5.74. The van der Waals surface area contributed by atoms with Crippen LogP contribution in [0, 0.1) is 13.8 Å². The zero-order chi connectivity index (χ0) is 20.8. The number of hydrogen-bond donors (Lipinski definition) is 1. The number of aryl methyl sites for hydroxylation is 3. The summed E-state index contributed by atoms with van der Waals surface area (Å²) in [7, 11) is 0. The van der Waals surface area contributed by atoms with Gasteiger partial charge in [-0.15, -0.1) is 0 Å². The molecule has 2 aromatic carbocycles. The third-order valence-corrected chi connectivity index (χ3v) is 5.67. The number of thioether (sulfide) groups is 1. The van der Waals surface area contributed by atoms with Crippen LogP contribution >= 0.6 is 11.8 Å². The van der Waals surface area contributed by atoms with E-state index in [0.29, 0.717) is 16.6 Å². The molecular weight excluding hydrogens is 382 g/mol. The lowest BCUT2D eigenvalue weighted by molar-refractivity contribution is -0.116.